The summed E-state index contributed by atoms with van der Waals surface area (Å²) in [7, 11) is 1.13. The molecule has 2 aliphatic rings. The van der Waals surface area contributed by atoms with E-state index in [2.05, 4.69) is 13.8 Å². The van der Waals surface area contributed by atoms with Gasteiger partial charge in [0, 0.05) is 23.5 Å². The first-order valence-corrected chi connectivity index (χ1v) is 8.37. The van der Waals surface area contributed by atoms with Crippen molar-refractivity contribution in [2.45, 2.75) is 57.3 Å². The van der Waals surface area contributed by atoms with Gasteiger partial charge in [0.25, 0.3) is 0 Å². The van der Waals surface area contributed by atoms with Crippen LogP contribution < -0.4 is 0 Å². The second-order valence-electron chi connectivity index (χ2n) is 6.55. The van der Waals surface area contributed by atoms with Crippen LogP contribution in [0.1, 0.15) is 46.0 Å². The van der Waals surface area contributed by atoms with E-state index in [1.807, 2.05) is 0 Å². The Labute approximate surface area is 114 Å². The Morgan fingerprint density at radius 1 is 1.39 bits per heavy atom. The van der Waals surface area contributed by atoms with Crippen LogP contribution >= 0.6 is 0 Å². The Balaban J connectivity index is 1.67. The van der Waals surface area contributed by atoms with E-state index >= 15 is 0 Å². The zero-order valence-electron chi connectivity index (χ0n) is 12.2. The summed E-state index contributed by atoms with van der Waals surface area (Å²) in [6.07, 6.45) is 6.55. The van der Waals surface area contributed by atoms with Gasteiger partial charge in [-0.2, -0.15) is 0 Å². The molecule has 0 amide bonds. The summed E-state index contributed by atoms with van der Waals surface area (Å²) in [4.78, 5) is 0. The zero-order valence-corrected chi connectivity index (χ0v) is 14.2. The fourth-order valence-electron chi connectivity index (χ4n) is 2.73. The van der Waals surface area contributed by atoms with Crippen LogP contribution in [0.2, 0.25) is 0 Å². The first kappa shape index (κ1) is 14.5. The van der Waals surface area contributed by atoms with Crippen LogP contribution in [0, 0.1) is 5.41 Å². The fraction of sp³-hybridized carbons (Fsp3) is 1.00. The highest BCUT2D eigenvalue weighted by Gasteiger charge is 2.42. The highest BCUT2D eigenvalue weighted by atomic mass is 28.1. The molecular weight excluding hydrogens is 244 g/mol. The maximum Gasteiger partial charge on any atom is 0.104 e. The molecule has 0 radical (unpaired) electrons. The van der Waals surface area contributed by atoms with E-state index in [1.165, 1.54) is 25.7 Å². The van der Waals surface area contributed by atoms with E-state index < -0.39 is 0 Å². The molecule has 18 heavy (non-hydrogen) atoms. The lowest BCUT2D eigenvalue weighted by Crippen LogP contribution is -2.49. The summed E-state index contributed by atoms with van der Waals surface area (Å²) >= 11 is 0. The molecule has 2 rings (SSSR count). The molecule has 2 saturated heterocycles. The third-order valence-electron chi connectivity index (χ3n) is 4.70. The summed E-state index contributed by atoms with van der Waals surface area (Å²) in [6.45, 7) is 8.24. The average Bonchev–Trinajstić information content (AvgIpc) is 3.13. The highest BCUT2D eigenvalue weighted by Crippen LogP contribution is 2.41. The maximum atomic E-state index is 6.14. The van der Waals surface area contributed by atoms with Crippen molar-refractivity contribution in [3.8, 4) is 0 Å². The normalized spacial score (nSPS) is 32.7. The van der Waals surface area contributed by atoms with Gasteiger partial charge in [0.05, 0.1) is 18.4 Å². The van der Waals surface area contributed by atoms with Gasteiger partial charge in [0.15, 0.2) is 0 Å². The molecule has 2 fully saturated rings. The minimum Gasteiger partial charge on any atom is -0.379 e. The predicted molar refractivity (Wildman–Crippen MR) is 76.0 cm³/mol. The summed E-state index contributed by atoms with van der Waals surface area (Å²) < 4.78 is 16.9. The molecule has 0 aromatic rings. The van der Waals surface area contributed by atoms with Gasteiger partial charge < -0.3 is 14.2 Å². The maximum absolute atomic E-state index is 6.14. The van der Waals surface area contributed by atoms with Crippen LogP contribution in [0.15, 0.2) is 0 Å². The smallest absolute Gasteiger partial charge is 0.104 e. The summed E-state index contributed by atoms with van der Waals surface area (Å²) in [5.74, 6) is 0. The molecule has 0 aromatic heterocycles. The van der Waals surface area contributed by atoms with Crippen LogP contribution in [0.3, 0.4) is 0 Å². The molecule has 0 saturated carbocycles. The first-order chi connectivity index (χ1) is 8.54. The molecular formula is C14H28O3Si. The summed E-state index contributed by atoms with van der Waals surface area (Å²) in [6, 6.07) is 0. The summed E-state index contributed by atoms with van der Waals surface area (Å²) in [5, 5.41) is 0.185. The molecule has 0 bridgehead atoms. The van der Waals surface area contributed by atoms with Gasteiger partial charge in [-0.3, -0.25) is 0 Å². The molecule has 2 atom stereocenters. The fourth-order valence-corrected chi connectivity index (χ4v) is 3.54. The van der Waals surface area contributed by atoms with Crippen LogP contribution in [0.25, 0.3) is 0 Å². The molecule has 0 N–H and O–H groups in total. The molecule has 3 nitrogen and oxygen atoms in total. The molecule has 2 aliphatic heterocycles. The van der Waals surface area contributed by atoms with E-state index in [-0.39, 0.29) is 5.22 Å². The van der Waals surface area contributed by atoms with Gasteiger partial charge in [-0.15, -0.1) is 0 Å². The molecule has 2 heterocycles. The van der Waals surface area contributed by atoms with Crippen molar-refractivity contribution >= 4 is 10.2 Å². The molecule has 4 heteroatoms. The molecule has 106 valence electrons. The van der Waals surface area contributed by atoms with Gasteiger partial charge >= 0.3 is 0 Å². The van der Waals surface area contributed by atoms with Gasteiger partial charge in [0.1, 0.15) is 6.10 Å². The minimum absolute atomic E-state index is 0.185. The number of ether oxygens (including phenoxy) is 3. The Kier molecular flexibility index (Phi) is 4.86. The standard InChI is InChI=1S/C14H28O3Si/c1-13(2,14(18)7-3-4-9-17-14)6-5-8-15-10-12-11-16-12/h12H,3-11H2,1-2,18H3. The van der Waals surface area contributed by atoms with Gasteiger partial charge in [-0.25, -0.2) is 0 Å². The van der Waals surface area contributed by atoms with Gasteiger partial charge in [-0.05, 0) is 37.5 Å². The largest absolute Gasteiger partial charge is 0.379 e. The third kappa shape index (κ3) is 3.79. The zero-order chi connectivity index (χ0) is 13.1. The minimum atomic E-state index is 0.185. The monoisotopic (exact) mass is 272 g/mol. The summed E-state index contributed by atoms with van der Waals surface area (Å²) in [5.41, 5.74) is 0.291. The van der Waals surface area contributed by atoms with Crippen molar-refractivity contribution < 1.29 is 14.2 Å². The van der Waals surface area contributed by atoms with Crippen molar-refractivity contribution in [1.29, 1.82) is 0 Å². The Morgan fingerprint density at radius 3 is 2.78 bits per heavy atom. The van der Waals surface area contributed by atoms with E-state index in [1.54, 1.807) is 0 Å². The van der Waals surface area contributed by atoms with Gasteiger partial charge in [-0.1, -0.05) is 13.8 Å². The van der Waals surface area contributed by atoms with Crippen LogP contribution in [-0.2, 0) is 14.2 Å². The van der Waals surface area contributed by atoms with Gasteiger partial charge in [0.2, 0.25) is 0 Å². The number of epoxide rings is 1. The quantitative estimate of drug-likeness (QED) is 0.399. The third-order valence-corrected chi connectivity index (χ3v) is 6.84. The second-order valence-corrected chi connectivity index (χ2v) is 8.17. The Morgan fingerprint density at radius 2 is 2.17 bits per heavy atom. The van der Waals surface area contributed by atoms with Crippen LogP contribution in [0.5, 0.6) is 0 Å². The van der Waals surface area contributed by atoms with E-state index in [0.717, 1.165) is 43.1 Å². The lowest BCUT2D eigenvalue weighted by atomic mass is 9.78. The molecule has 0 aromatic carbocycles. The van der Waals surface area contributed by atoms with Crippen molar-refractivity contribution in [3.05, 3.63) is 0 Å². The van der Waals surface area contributed by atoms with Crippen molar-refractivity contribution in [1.82, 2.24) is 0 Å². The highest BCUT2D eigenvalue weighted by molar-refractivity contribution is 6.15. The molecule has 2 unspecified atom stereocenters. The van der Waals surface area contributed by atoms with Crippen molar-refractivity contribution in [3.63, 3.8) is 0 Å². The van der Waals surface area contributed by atoms with Crippen molar-refractivity contribution in [2.75, 3.05) is 26.4 Å². The Hall–Kier alpha value is 0.0969. The lowest BCUT2D eigenvalue weighted by molar-refractivity contribution is -0.0944. The van der Waals surface area contributed by atoms with E-state index in [0.29, 0.717) is 11.5 Å². The molecule has 0 aliphatic carbocycles. The lowest BCUT2D eigenvalue weighted by Gasteiger charge is -2.47. The number of hydrogen-bond donors (Lipinski definition) is 0. The Bertz CT molecular complexity index is 258. The van der Waals surface area contributed by atoms with Crippen molar-refractivity contribution in [2.24, 2.45) is 5.41 Å². The first-order valence-electron chi connectivity index (χ1n) is 7.37. The molecule has 0 spiro atoms. The second kappa shape index (κ2) is 6.03. The number of hydrogen-bond acceptors (Lipinski definition) is 3. The number of rotatable bonds is 7. The predicted octanol–water partition coefficient (Wildman–Crippen LogP) is 1.47. The van der Waals surface area contributed by atoms with E-state index in [4.69, 9.17) is 14.2 Å². The van der Waals surface area contributed by atoms with Crippen LogP contribution in [-0.4, -0.2) is 48.0 Å². The topological polar surface area (TPSA) is 31.0 Å². The van der Waals surface area contributed by atoms with E-state index in [9.17, 15) is 0 Å². The SMILES string of the molecule is CC(C)(CCCOCC1CO1)C1([SiH3])CCCCO1. The van der Waals surface area contributed by atoms with Crippen LogP contribution in [0.4, 0.5) is 0 Å². The average molecular weight is 272 g/mol.